The molecule has 0 radical (unpaired) electrons. The van der Waals surface area contributed by atoms with Crippen LogP contribution in [0.3, 0.4) is 0 Å². The lowest BCUT2D eigenvalue weighted by atomic mass is 9.91. The monoisotopic (exact) mass is 720 g/mol. The van der Waals surface area contributed by atoms with Crippen LogP contribution in [-0.2, 0) is 4.43 Å². The van der Waals surface area contributed by atoms with Gasteiger partial charge in [0.25, 0.3) is 0 Å². The number of halogens is 28. The Balaban J connectivity index is 7.91. The van der Waals surface area contributed by atoms with Crippen molar-refractivity contribution in [2.24, 2.45) is 0 Å². The molecule has 30 heteroatoms. The third-order valence-corrected chi connectivity index (χ3v) is 7.93. The molecule has 0 heterocycles. The fourth-order valence-electron chi connectivity index (χ4n) is 2.33. The maximum Gasteiger partial charge on any atom is 0.518 e. The summed E-state index contributed by atoms with van der Waals surface area (Å²) in [5.41, 5.74) is -9.87. The standard InChI is InChI=1S/C12F28OSi/c13-1(14,3(17,18)5(21,22)7(25,26)27)2(15,16)4(19,20)6(23,24)10(33,34)42(11(35,36)37,12(38,39)40)41-9(31,32)8(28,29)30. The summed E-state index contributed by atoms with van der Waals surface area (Å²) < 4.78 is 365. The van der Waals surface area contributed by atoms with E-state index >= 15 is 0 Å². The van der Waals surface area contributed by atoms with E-state index in [0.717, 1.165) is 4.43 Å². The summed E-state index contributed by atoms with van der Waals surface area (Å²) in [5, 5.41) is 0. The lowest BCUT2D eigenvalue weighted by molar-refractivity contribution is -0.460. The van der Waals surface area contributed by atoms with E-state index in [1.54, 1.807) is 0 Å². The van der Waals surface area contributed by atoms with E-state index in [9.17, 15) is 123 Å². The Bertz CT molecular complexity index is 959. The van der Waals surface area contributed by atoms with Crippen molar-refractivity contribution in [3.05, 3.63) is 0 Å². The lowest BCUT2D eigenvalue weighted by Gasteiger charge is -2.47. The predicted molar refractivity (Wildman–Crippen MR) is 70.6 cm³/mol. The van der Waals surface area contributed by atoms with Crippen molar-refractivity contribution < 1.29 is 127 Å². The first-order valence-electron chi connectivity index (χ1n) is 8.45. The Kier molecular flexibility index (Phi) is 9.20. The van der Waals surface area contributed by atoms with Gasteiger partial charge in [-0.15, -0.1) is 0 Å². The van der Waals surface area contributed by atoms with E-state index in [0.29, 0.717) is 0 Å². The minimum atomic E-state index is -11.8. The number of alkyl halides is 28. The van der Waals surface area contributed by atoms with Crippen LogP contribution in [0.4, 0.5) is 123 Å². The van der Waals surface area contributed by atoms with Gasteiger partial charge >= 0.3 is 79.5 Å². The van der Waals surface area contributed by atoms with Crippen molar-refractivity contribution >= 4 is 8.32 Å². The second-order valence-electron chi connectivity index (χ2n) is 7.31. The molecule has 0 aliphatic heterocycles. The zero-order chi connectivity index (χ0) is 35.2. The van der Waals surface area contributed by atoms with Crippen molar-refractivity contribution in [2.45, 2.75) is 71.1 Å². The van der Waals surface area contributed by atoms with Crippen LogP contribution in [0.25, 0.3) is 0 Å². The second-order valence-corrected chi connectivity index (χ2v) is 10.6. The van der Waals surface area contributed by atoms with Gasteiger partial charge in [-0.2, -0.15) is 114 Å². The van der Waals surface area contributed by atoms with Crippen molar-refractivity contribution in [1.82, 2.24) is 0 Å². The molecule has 0 fully saturated rings. The average molecular weight is 720 g/mol. The van der Waals surface area contributed by atoms with Crippen LogP contribution in [0.1, 0.15) is 0 Å². The first kappa shape index (κ1) is 40.2. The van der Waals surface area contributed by atoms with Crippen LogP contribution in [0.2, 0.25) is 0 Å². The fraction of sp³-hybridized carbons (Fsp3) is 1.00. The van der Waals surface area contributed by atoms with E-state index in [1.807, 2.05) is 0 Å². The van der Waals surface area contributed by atoms with E-state index in [4.69, 9.17) is 0 Å². The number of hydrogen-bond acceptors (Lipinski definition) is 1. The molecule has 0 spiro atoms. The molecular formula is C12F28OSi. The number of hydrogen-bond donors (Lipinski definition) is 0. The van der Waals surface area contributed by atoms with Gasteiger partial charge in [0.1, 0.15) is 0 Å². The molecule has 0 saturated carbocycles. The fourth-order valence-corrected chi connectivity index (χ4v) is 4.82. The Morgan fingerprint density at radius 1 is 0.286 bits per heavy atom. The molecule has 0 atom stereocenters. The first-order valence-corrected chi connectivity index (χ1v) is 10.4. The van der Waals surface area contributed by atoms with Crippen molar-refractivity contribution in [3.8, 4) is 0 Å². The van der Waals surface area contributed by atoms with Crippen molar-refractivity contribution in [1.29, 1.82) is 0 Å². The van der Waals surface area contributed by atoms with Gasteiger partial charge in [-0.05, 0) is 0 Å². The molecule has 0 saturated heterocycles. The van der Waals surface area contributed by atoms with Crippen LogP contribution < -0.4 is 0 Å². The summed E-state index contributed by atoms with van der Waals surface area (Å²) in [5.74, 6) is -75.3. The van der Waals surface area contributed by atoms with Gasteiger partial charge in [0.15, 0.2) is 0 Å². The zero-order valence-corrected chi connectivity index (χ0v) is 18.5. The lowest BCUT2D eigenvalue weighted by Crippen LogP contribution is -2.85. The summed E-state index contributed by atoms with van der Waals surface area (Å²) in [7, 11) is -11.8. The van der Waals surface area contributed by atoms with Gasteiger partial charge < -0.3 is 4.43 Å². The van der Waals surface area contributed by atoms with Crippen LogP contribution >= 0.6 is 0 Å². The van der Waals surface area contributed by atoms with Crippen molar-refractivity contribution in [2.75, 3.05) is 0 Å². The third-order valence-electron chi connectivity index (χ3n) is 4.57. The molecule has 1 nitrogen and oxygen atoms in total. The number of rotatable bonds is 9. The quantitative estimate of drug-likeness (QED) is 0.171. The zero-order valence-electron chi connectivity index (χ0n) is 17.5. The summed E-state index contributed by atoms with van der Waals surface area (Å²) in [6.07, 6.45) is -24.9. The van der Waals surface area contributed by atoms with Gasteiger partial charge in [0.2, 0.25) is 0 Å². The highest BCUT2D eigenvalue weighted by Gasteiger charge is 3.02. The van der Waals surface area contributed by atoms with Crippen LogP contribution in [0, 0.1) is 0 Å². The van der Waals surface area contributed by atoms with Gasteiger partial charge in [-0.25, -0.2) is 8.78 Å². The highest BCUT2D eigenvalue weighted by molar-refractivity contribution is 6.80. The molecule has 0 aliphatic carbocycles. The molecule has 0 aromatic rings. The van der Waals surface area contributed by atoms with Crippen LogP contribution in [0.5, 0.6) is 0 Å². The summed E-state index contributed by atoms with van der Waals surface area (Å²) in [6, 6.07) is 0. The molecule has 254 valence electrons. The molecule has 42 heavy (non-hydrogen) atoms. The molecular weight excluding hydrogens is 720 g/mol. The second kappa shape index (κ2) is 9.61. The highest BCUT2D eigenvalue weighted by atomic mass is 28.4. The topological polar surface area (TPSA) is 9.23 Å². The van der Waals surface area contributed by atoms with E-state index < -0.39 is 79.5 Å². The normalized spacial score (nSPS) is 17.1. The van der Waals surface area contributed by atoms with Crippen molar-refractivity contribution in [3.63, 3.8) is 0 Å². The Hall–Kier alpha value is -1.78. The maximum atomic E-state index is 14.0. The average Bonchev–Trinajstić information content (AvgIpc) is 2.67. The Morgan fingerprint density at radius 3 is 0.738 bits per heavy atom. The summed E-state index contributed by atoms with van der Waals surface area (Å²) in [4.78, 5) is 0. The van der Waals surface area contributed by atoms with E-state index in [1.165, 1.54) is 0 Å². The third kappa shape index (κ3) is 4.97. The van der Waals surface area contributed by atoms with Gasteiger partial charge in [-0.1, -0.05) is 0 Å². The van der Waals surface area contributed by atoms with E-state index in [2.05, 4.69) is 0 Å². The minimum absolute atomic E-state index is 0.848. The Morgan fingerprint density at radius 2 is 0.524 bits per heavy atom. The molecule has 0 amide bonds. The predicted octanol–water partition coefficient (Wildman–Crippen LogP) is 8.86. The minimum Gasteiger partial charge on any atom is -0.332 e. The summed E-state index contributed by atoms with van der Waals surface area (Å²) in [6.45, 7) is 0. The van der Waals surface area contributed by atoms with Crippen LogP contribution in [-0.4, -0.2) is 79.5 Å². The molecule has 0 bridgehead atoms. The summed E-state index contributed by atoms with van der Waals surface area (Å²) >= 11 is 0. The largest absolute Gasteiger partial charge is 0.518 e. The van der Waals surface area contributed by atoms with Crippen LogP contribution in [0.15, 0.2) is 0 Å². The Labute approximate surface area is 208 Å². The molecule has 0 N–H and O–H groups in total. The van der Waals surface area contributed by atoms with Gasteiger partial charge in [0, 0.05) is 0 Å². The molecule has 0 unspecified atom stereocenters. The van der Waals surface area contributed by atoms with E-state index in [-0.39, 0.29) is 0 Å². The van der Waals surface area contributed by atoms with Gasteiger partial charge in [0.05, 0.1) is 0 Å². The smallest absolute Gasteiger partial charge is 0.332 e. The molecule has 0 aromatic heterocycles. The SMILES string of the molecule is FC(F)(F)C(F)(F)O[Si](C(F)(F)F)(C(F)(F)F)C(F)(F)C(F)(F)C(F)(F)C(F)(F)C(F)(F)C(F)(F)C(F)(F)C(F)(F)F. The highest BCUT2D eigenvalue weighted by Crippen LogP contribution is 2.67. The maximum absolute atomic E-state index is 14.0. The molecule has 0 rings (SSSR count). The molecule has 0 aromatic carbocycles. The van der Waals surface area contributed by atoms with Gasteiger partial charge in [-0.3, -0.25) is 0 Å². The first-order chi connectivity index (χ1) is 17.5. The molecule has 0 aliphatic rings.